The van der Waals surface area contributed by atoms with E-state index in [2.05, 4.69) is 22.8 Å². The molecule has 0 aliphatic heterocycles. The Kier molecular flexibility index (Phi) is 7.39. The number of hydrogen-bond donors (Lipinski definition) is 2. The average Bonchev–Trinajstić information content (AvgIpc) is 2.56. The maximum Gasteiger partial charge on any atom is 0.224 e. The number of carbonyl (C=O) groups excluding carboxylic acids is 2. The van der Waals surface area contributed by atoms with Gasteiger partial charge in [0.1, 0.15) is 0 Å². The molecular weight excluding hydrogens is 324 g/mol. The summed E-state index contributed by atoms with van der Waals surface area (Å²) < 4.78 is 0. The molecule has 0 saturated carbocycles. The molecule has 2 N–H and O–H groups in total. The van der Waals surface area contributed by atoms with Gasteiger partial charge < -0.3 is 10.6 Å². The molecule has 138 valence electrons. The molecule has 26 heavy (non-hydrogen) atoms. The Balaban J connectivity index is 1.80. The van der Waals surface area contributed by atoms with E-state index >= 15 is 0 Å². The lowest BCUT2D eigenvalue weighted by Crippen LogP contribution is -2.35. The van der Waals surface area contributed by atoms with Crippen molar-refractivity contribution in [2.45, 2.75) is 52.1 Å². The van der Waals surface area contributed by atoms with Crippen molar-refractivity contribution in [3.05, 3.63) is 71.3 Å². The van der Waals surface area contributed by atoms with Gasteiger partial charge in [-0.3, -0.25) is 9.59 Å². The fourth-order valence-electron chi connectivity index (χ4n) is 3.07. The highest BCUT2D eigenvalue weighted by Gasteiger charge is 2.10. The third-order valence-electron chi connectivity index (χ3n) is 4.17. The summed E-state index contributed by atoms with van der Waals surface area (Å²) in [5, 5.41) is 5.94. The molecule has 0 radical (unpaired) electrons. The Hall–Kier alpha value is -2.62. The number of nitrogens with one attached hydrogen (secondary N) is 2. The van der Waals surface area contributed by atoms with Gasteiger partial charge in [-0.1, -0.05) is 54.6 Å². The summed E-state index contributed by atoms with van der Waals surface area (Å²) in [4.78, 5) is 23.3. The zero-order valence-electron chi connectivity index (χ0n) is 15.8. The van der Waals surface area contributed by atoms with E-state index in [9.17, 15) is 9.59 Å². The fourth-order valence-corrected chi connectivity index (χ4v) is 3.07. The predicted octanol–water partition coefficient (Wildman–Crippen LogP) is 3.04. The number of hydrogen-bond acceptors (Lipinski definition) is 2. The molecule has 0 aromatic heterocycles. The maximum atomic E-state index is 12.2. The first-order valence-corrected chi connectivity index (χ1v) is 9.10. The average molecular weight is 352 g/mol. The van der Waals surface area contributed by atoms with E-state index in [0.717, 1.165) is 24.0 Å². The standard InChI is InChI=1S/C22H28N2O2/c1-16(23-18(3)25)13-20-9-11-21(12-10-20)15-22(26)24-17(2)14-19-7-5-4-6-8-19/h4-12,16-17H,13-15H2,1-3H3,(H,23,25)(H,24,26)/t16-,17?/m1/s1. The van der Waals surface area contributed by atoms with E-state index in [1.54, 1.807) is 0 Å². The first kappa shape index (κ1) is 19.7. The van der Waals surface area contributed by atoms with Gasteiger partial charge in [0, 0.05) is 19.0 Å². The van der Waals surface area contributed by atoms with Gasteiger partial charge in [0.25, 0.3) is 0 Å². The fraction of sp³-hybridized carbons (Fsp3) is 0.364. The van der Waals surface area contributed by atoms with Crippen LogP contribution in [0.3, 0.4) is 0 Å². The molecule has 0 saturated heterocycles. The van der Waals surface area contributed by atoms with Crippen molar-refractivity contribution < 1.29 is 9.59 Å². The lowest BCUT2D eigenvalue weighted by atomic mass is 10.0. The van der Waals surface area contributed by atoms with E-state index < -0.39 is 0 Å². The largest absolute Gasteiger partial charge is 0.354 e. The molecule has 0 spiro atoms. The second kappa shape index (κ2) is 9.76. The van der Waals surface area contributed by atoms with Crippen LogP contribution in [0, 0.1) is 0 Å². The van der Waals surface area contributed by atoms with E-state index in [-0.39, 0.29) is 23.9 Å². The molecule has 2 atom stereocenters. The monoisotopic (exact) mass is 352 g/mol. The lowest BCUT2D eigenvalue weighted by molar-refractivity contribution is -0.121. The summed E-state index contributed by atoms with van der Waals surface area (Å²) in [5.74, 6) is 0.0169. The van der Waals surface area contributed by atoms with Crippen LogP contribution in [0.1, 0.15) is 37.5 Å². The van der Waals surface area contributed by atoms with E-state index in [1.165, 1.54) is 12.5 Å². The first-order valence-electron chi connectivity index (χ1n) is 9.10. The molecule has 2 amide bonds. The van der Waals surface area contributed by atoms with Crippen LogP contribution in [-0.4, -0.2) is 23.9 Å². The summed E-state index contributed by atoms with van der Waals surface area (Å²) in [5.41, 5.74) is 3.36. The van der Waals surface area contributed by atoms with Gasteiger partial charge in [0.2, 0.25) is 11.8 Å². The number of amides is 2. The Morgan fingerprint density at radius 2 is 1.27 bits per heavy atom. The number of benzene rings is 2. The Bertz CT molecular complexity index is 711. The van der Waals surface area contributed by atoms with Gasteiger partial charge in [-0.15, -0.1) is 0 Å². The van der Waals surface area contributed by atoms with Crippen LogP contribution < -0.4 is 10.6 Å². The minimum atomic E-state index is -0.0181. The van der Waals surface area contributed by atoms with Gasteiger partial charge in [0.15, 0.2) is 0 Å². The summed E-state index contributed by atoms with van der Waals surface area (Å²) in [6, 6.07) is 18.4. The minimum absolute atomic E-state index is 0.0181. The van der Waals surface area contributed by atoms with Crippen LogP contribution >= 0.6 is 0 Å². The van der Waals surface area contributed by atoms with E-state index in [4.69, 9.17) is 0 Å². The van der Waals surface area contributed by atoms with Crippen molar-refractivity contribution in [3.8, 4) is 0 Å². The third-order valence-corrected chi connectivity index (χ3v) is 4.17. The van der Waals surface area contributed by atoms with Crippen molar-refractivity contribution in [2.24, 2.45) is 0 Å². The summed E-state index contributed by atoms with van der Waals surface area (Å²) in [6.45, 7) is 5.53. The van der Waals surface area contributed by atoms with Crippen molar-refractivity contribution in [2.75, 3.05) is 0 Å². The van der Waals surface area contributed by atoms with Crippen LogP contribution in [0.15, 0.2) is 54.6 Å². The van der Waals surface area contributed by atoms with Crippen LogP contribution in [0.4, 0.5) is 0 Å². The highest BCUT2D eigenvalue weighted by Crippen LogP contribution is 2.09. The first-order chi connectivity index (χ1) is 12.4. The van der Waals surface area contributed by atoms with Crippen LogP contribution in [0.5, 0.6) is 0 Å². The second-order valence-corrected chi connectivity index (χ2v) is 6.96. The third kappa shape index (κ3) is 7.09. The molecule has 0 fully saturated rings. The SMILES string of the molecule is CC(=O)N[C@H](C)Cc1ccc(CC(=O)NC(C)Cc2ccccc2)cc1. The lowest BCUT2D eigenvalue weighted by Gasteiger charge is -2.15. The topological polar surface area (TPSA) is 58.2 Å². The Labute approximate surface area is 156 Å². The second-order valence-electron chi connectivity index (χ2n) is 6.96. The highest BCUT2D eigenvalue weighted by molar-refractivity contribution is 5.78. The molecule has 0 heterocycles. The highest BCUT2D eigenvalue weighted by atomic mass is 16.2. The van der Waals surface area contributed by atoms with Crippen LogP contribution in [-0.2, 0) is 28.9 Å². The smallest absolute Gasteiger partial charge is 0.224 e. The quantitative estimate of drug-likeness (QED) is 0.767. The van der Waals surface area contributed by atoms with Crippen molar-refractivity contribution in [1.29, 1.82) is 0 Å². The minimum Gasteiger partial charge on any atom is -0.354 e. The van der Waals surface area contributed by atoms with Gasteiger partial charge in [-0.25, -0.2) is 0 Å². The molecule has 2 rings (SSSR count). The molecule has 2 aromatic carbocycles. The van der Waals surface area contributed by atoms with Gasteiger partial charge in [-0.05, 0) is 43.4 Å². The molecule has 1 unspecified atom stereocenters. The van der Waals surface area contributed by atoms with E-state index in [1.807, 2.05) is 56.3 Å². The summed E-state index contributed by atoms with van der Waals surface area (Å²) in [7, 11) is 0. The van der Waals surface area contributed by atoms with Crippen molar-refractivity contribution in [1.82, 2.24) is 10.6 Å². The Morgan fingerprint density at radius 1 is 0.769 bits per heavy atom. The molecule has 4 heteroatoms. The molecule has 4 nitrogen and oxygen atoms in total. The zero-order chi connectivity index (χ0) is 18.9. The van der Waals surface area contributed by atoms with Gasteiger partial charge in [0.05, 0.1) is 6.42 Å². The molecule has 0 aliphatic carbocycles. The maximum absolute atomic E-state index is 12.2. The van der Waals surface area contributed by atoms with Crippen molar-refractivity contribution in [3.63, 3.8) is 0 Å². The normalized spacial score (nSPS) is 12.9. The summed E-state index contributed by atoms with van der Waals surface area (Å²) >= 11 is 0. The van der Waals surface area contributed by atoms with Crippen LogP contribution in [0.25, 0.3) is 0 Å². The predicted molar refractivity (Wildman–Crippen MR) is 105 cm³/mol. The number of rotatable bonds is 8. The molecule has 0 aliphatic rings. The molecule has 2 aromatic rings. The zero-order valence-corrected chi connectivity index (χ0v) is 15.8. The Morgan fingerprint density at radius 3 is 1.85 bits per heavy atom. The van der Waals surface area contributed by atoms with Gasteiger partial charge >= 0.3 is 0 Å². The molecule has 0 bridgehead atoms. The summed E-state index contributed by atoms with van der Waals surface area (Å²) in [6.07, 6.45) is 1.98. The van der Waals surface area contributed by atoms with Gasteiger partial charge in [-0.2, -0.15) is 0 Å². The van der Waals surface area contributed by atoms with E-state index in [0.29, 0.717) is 6.42 Å². The molecular formula is C22H28N2O2. The van der Waals surface area contributed by atoms with Crippen LogP contribution in [0.2, 0.25) is 0 Å². The van der Waals surface area contributed by atoms with Crippen molar-refractivity contribution >= 4 is 11.8 Å². The number of carbonyl (C=O) groups is 2.